The second-order valence-corrected chi connectivity index (χ2v) is 8.29. The standard InChI is InChI=1S/C19H11BrF5NO3S/c1-28-18(27)15-6-13(17(20)30-15)16-14(5-12(22)7-26-16)29-8-9-2-10(19(23,24)25)4-11(21)3-9/h2-7H,8H2,1H3. The number of aromatic nitrogens is 1. The fraction of sp³-hybridized carbons (Fsp3) is 0.158. The van der Waals surface area contributed by atoms with Crippen molar-refractivity contribution in [2.45, 2.75) is 12.8 Å². The molecular weight excluding hydrogens is 497 g/mol. The third-order valence-electron chi connectivity index (χ3n) is 3.83. The number of alkyl halides is 3. The second-order valence-electron chi connectivity index (χ2n) is 5.92. The van der Waals surface area contributed by atoms with Gasteiger partial charge in [-0.3, -0.25) is 0 Å². The van der Waals surface area contributed by atoms with E-state index in [1.54, 1.807) is 0 Å². The molecule has 3 aromatic rings. The van der Waals surface area contributed by atoms with Crippen LogP contribution < -0.4 is 4.74 Å². The predicted molar refractivity (Wildman–Crippen MR) is 102 cm³/mol. The Morgan fingerprint density at radius 1 is 1.13 bits per heavy atom. The van der Waals surface area contributed by atoms with E-state index in [1.165, 1.54) is 13.2 Å². The molecule has 1 aromatic carbocycles. The second kappa shape index (κ2) is 8.68. The van der Waals surface area contributed by atoms with Crippen molar-refractivity contribution in [2.24, 2.45) is 0 Å². The van der Waals surface area contributed by atoms with Gasteiger partial charge in [-0.1, -0.05) is 0 Å². The lowest BCUT2D eigenvalue weighted by atomic mass is 10.1. The summed E-state index contributed by atoms with van der Waals surface area (Å²) >= 11 is 4.34. The van der Waals surface area contributed by atoms with Crippen molar-refractivity contribution in [2.75, 3.05) is 7.11 Å². The molecule has 4 nitrogen and oxygen atoms in total. The Balaban J connectivity index is 1.94. The molecule has 0 amide bonds. The van der Waals surface area contributed by atoms with Gasteiger partial charge in [0, 0.05) is 11.6 Å². The maximum Gasteiger partial charge on any atom is 0.416 e. The first-order chi connectivity index (χ1) is 14.1. The molecule has 0 radical (unpaired) electrons. The molecule has 0 fully saturated rings. The fourth-order valence-corrected chi connectivity index (χ4v) is 4.15. The molecule has 3 rings (SSSR count). The van der Waals surface area contributed by atoms with Gasteiger partial charge in [-0.2, -0.15) is 13.2 Å². The van der Waals surface area contributed by atoms with Crippen LogP contribution in [0, 0.1) is 11.6 Å². The number of hydrogen-bond acceptors (Lipinski definition) is 5. The molecule has 30 heavy (non-hydrogen) atoms. The molecule has 0 aliphatic carbocycles. The van der Waals surface area contributed by atoms with Gasteiger partial charge in [-0.25, -0.2) is 18.6 Å². The van der Waals surface area contributed by atoms with Crippen LogP contribution in [0.4, 0.5) is 22.0 Å². The normalized spacial score (nSPS) is 11.4. The molecule has 0 unspecified atom stereocenters. The lowest BCUT2D eigenvalue weighted by molar-refractivity contribution is -0.137. The highest BCUT2D eigenvalue weighted by molar-refractivity contribution is 9.11. The summed E-state index contributed by atoms with van der Waals surface area (Å²) in [5, 5.41) is 0. The summed E-state index contributed by atoms with van der Waals surface area (Å²) in [6.45, 7) is -0.468. The molecule has 0 saturated carbocycles. The van der Waals surface area contributed by atoms with E-state index < -0.39 is 36.0 Å². The van der Waals surface area contributed by atoms with Crippen LogP contribution in [0.15, 0.2) is 40.3 Å². The highest BCUT2D eigenvalue weighted by Gasteiger charge is 2.31. The minimum absolute atomic E-state index is 0.0947. The molecule has 0 atom stereocenters. The smallest absolute Gasteiger partial charge is 0.416 e. The van der Waals surface area contributed by atoms with Gasteiger partial charge in [0.15, 0.2) is 0 Å². The van der Waals surface area contributed by atoms with Crippen molar-refractivity contribution in [1.29, 1.82) is 0 Å². The van der Waals surface area contributed by atoms with Crippen LogP contribution >= 0.6 is 27.3 Å². The summed E-state index contributed by atoms with van der Waals surface area (Å²) in [5.41, 5.74) is -0.730. The fourth-order valence-electron chi connectivity index (χ4n) is 2.52. The zero-order valence-electron chi connectivity index (χ0n) is 15.0. The quantitative estimate of drug-likeness (QED) is 0.303. The number of esters is 1. The molecule has 0 saturated heterocycles. The number of rotatable bonds is 5. The first-order valence-corrected chi connectivity index (χ1v) is 9.72. The SMILES string of the molecule is COC(=O)c1cc(-c2ncc(F)cc2OCc2cc(F)cc(C(F)(F)F)c2)c(Br)s1. The van der Waals surface area contributed by atoms with Crippen molar-refractivity contribution in [1.82, 2.24) is 4.98 Å². The Morgan fingerprint density at radius 3 is 2.53 bits per heavy atom. The van der Waals surface area contributed by atoms with Gasteiger partial charge in [0.1, 0.15) is 34.6 Å². The number of pyridine rings is 1. The van der Waals surface area contributed by atoms with E-state index in [2.05, 4.69) is 25.7 Å². The first-order valence-electron chi connectivity index (χ1n) is 8.11. The van der Waals surface area contributed by atoms with E-state index in [9.17, 15) is 26.7 Å². The summed E-state index contributed by atoms with van der Waals surface area (Å²) < 4.78 is 76.6. The van der Waals surface area contributed by atoms with Crippen LogP contribution in [-0.2, 0) is 17.5 Å². The molecule has 0 spiro atoms. The van der Waals surface area contributed by atoms with Gasteiger partial charge in [0.25, 0.3) is 0 Å². The summed E-state index contributed by atoms with van der Waals surface area (Å²) in [7, 11) is 1.22. The van der Waals surface area contributed by atoms with Gasteiger partial charge >= 0.3 is 12.1 Å². The van der Waals surface area contributed by atoms with Gasteiger partial charge in [-0.05, 0) is 45.8 Å². The number of benzene rings is 1. The highest BCUT2D eigenvalue weighted by atomic mass is 79.9. The topological polar surface area (TPSA) is 48.4 Å². The van der Waals surface area contributed by atoms with Crippen molar-refractivity contribution in [3.05, 3.63) is 68.0 Å². The van der Waals surface area contributed by atoms with Crippen LogP contribution in [0.2, 0.25) is 0 Å². The molecule has 11 heteroatoms. The minimum atomic E-state index is -4.73. The molecule has 0 bridgehead atoms. The average molecular weight is 508 g/mol. The molecule has 0 N–H and O–H groups in total. The van der Waals surface area contributed by atoms with E-state index in [1.807, 2.05) is 0 Å². The maximum absolute atomic E-state index is 13.7. The number of thiophene rings is 1. The van der Waals surface area contributed by atoms with Crippen molar-refractivity contribution < 1.29 is 36.2 Å². The van der Waals surface area contributed by atoms with Crippen LogP contribution in [0.1, 0.15) is 20.8 Å². The number of methoxy groups -OCH3 is 1. The monoisotopic (exact) mass is 507 g/mol. The molecule has 2 aromatic heterocycles. The first kappa shape index (κ1) is 22.2. The molecule has 158 valence electrons. The van der Waals surface area contributed by atoms with Crippen LogP contribution in [0.3, 0.4) is 0 Å². The van der Waals surface area contributed by atoms with Crippen LogP contribution in [0.25, 0.3) is 11.3 Å². The maximum atomic E-state index is 13.7. The van der Waals surface area contributed by atoms with Gasteiger partial charge < -0.3 is 9.47 Å². The zero-order chi connectivity index (χ0) is 22.1. The van der Waals surface area contributed by atoms with Crippen molar-refractivity contribution in [3.63, 3.8) is 0 Å². The Labute approximate surface area is 179 Å². The van der Waals surface area contributed by atoms with Crippen molar-refractivity contribution in [3.8, 4) is 17.0 Å². The molecular formula is C19H11BrF5NO3S. The average Bonchev–Trinajstić information content (AvgIpc) is 3.06. The summed E-state index contributed by atoms with van der Waals surface area (Å²) in [4.78, 5) is 15.9. The lowest BCUT2D eigenvalue weighted by Crippen LogP contribution is -2.07. The number of carbonyl (C=O) groups excluding carboxylic acids is 1. The Kier molecular flexibility index (Phi) is 6.41. The largest absolute Gasteiger partial charge is 0.487 e. The van der Waals surface area contributed by atoms with E-state index in [0.717, 1.165) is 35.7 Å². The van der Waals surface area contributed by atoms with Gasteiger partial charge in [0.2, 0.25) is 0 Å². The van der Waals surface area contributed by atoms with Gasteiger partial charge in [-0.15, -0.1) is 11.3 Å². The molecule has 0 aliphatic heterocycles. The number of hydrogen-bond donors (Lipinski definition) is 0. The Bertz CT molecular complexity index is 1100. The molecule has 2 heterocycles. The minimum Gasteiger partial charge on any atom is -0.487 e. The number of carbonyl (C=O) groups is 1. The summed E-state index contributed by atoms with van der Waals surface area (Å²) in [6, 6.07) is 4.45. The zero-order valence-corrected chi connectivity index (χ0v) is 17.4. The van der Waals surface area contributed by atoms with E-state index >= 15 is 0 Å². The van der Waals surface area contributed by atoms with Crippen molar-refractivity contribution >= 4 is 33.2 Å². The number of ether oxygens (including phenoxy) is 2. The third-order valence-corrected chi connectivity index (χ3v) is 5.64. The molecule has 0 aliphatic rings. The summed E-state index contributed by atoms with van der Waals surface area (Å²) in [6.07, 6.45) is -3.80. The summed E-state index contributed by atoms with van der Waals surface area (Å²) in [5.74, 6) is -2.51. The predicted octanol–water partition coefficient (Wildman–Crippen LogP) is 6.24. The van der Waals surface area contributed by atoms with E-state index in [0.29, 0.717) is 15.4 Å². The van der Waals surface area contributed by atoms with E-state index in [4.69, 9.17) is 4.74 Å². The van der Waals surface area contributed by atoms with Crippen LogP contribution in [-0.4, -0.2) is 18.1 Å². The van der Waals surface area contributed by atoms with E-state index in [-0.39, 0.29) is 21.9 Å². The Morgan fingerprint density at radius 2 is 1.87 bits per heavy atom. The van der Waals surface area contributed by atoms with Crippen LogP contribution in [0.5, 0.6) is 5.75 Å². The number of nitrogens with zero attached hydrogens (tertiary/aromatic N) is 1. The highest BCUT2D eigenvalue weighted by Crippen LogP contribution is 2.40. The van der Waals surface area contributed by atoms with Gasteiger partial charge in [0.05, 0.1) is 22.7 Å². The Hall–Kier alpha value is -2.53. The lowest BCUT2D eigenvalue weighted by Gasteiger charge is -2.13. The third kappa shape index (κ3) is 4.96. The number of halogens is 6.